The highest BCUT2D eigenvalue weighted by Gasteiger charge is 2.16. The fourth-order valence-electron chi connectivity index (χ4n) is 2.82. The highest BCUT2D eigenvalue weighted by Crippen LogP contribution is 2.29. The average molecular weight is 346 g/mol. The minimum atomic E-state index is 0.166. The van der Waals surface area contributed by atoms with Crippen LogP contribution >= 0.6 is 11.6 Å². The minimum absolute atomic E-state index is 0.166. The lowest BCUT2D eigenvalue weighted by molar-refractivity contribution is 0.340. The molecule has 0 aromatic heterocycles. The molecule has 0 amide bonds. The Morgan fingerprint density at radius 2 is 1.75 bits per heavy atom. The van der Waals surface area contributed by atoms with Crippen molar-refractivity contribution in [1.29, 1.82) is 0 Å². The summed E-state index contributed by atoms with van der Waals surface area (Å²) in [5.41, 5.74) is 9.99. The van der Waals surface area contributed by atoms with Crippen molar-refractivity contribution < 1.29 is 4.74 Å². The normalized spacial score (nSPS) is 12.9. The van der Waals surface area contributed by atoms with Crippen LogP contribution in [0.4, 0.5) is 0 Å². The van der Waals surface area contributed by atoms with Crippen molar-refractivity contribution in [2.75, 3.05) is 13.2 Å². The van der Waals surface area contributed by atoms with Crippen molar-refractivity contribution in [2.24, 2.45) is 5.73 Å². The first-order chi connectivity index (χ1) is 11.3. The molecule has 0 aliphatic rings. The molecule has 0 fully saturated rings. The molecular weight excluding hydrogens is 318 g/mol. The lowest BCUT2D eigenvalue weighted by Crippen LogP contribution is -2.16. The number of hydrogen-bond acceptors (Lipinski definition) is 2. The fourth-order valence-corrected chi connectivity index (χ4v) is 3.08. The molecule has 1 atom stereocenters. The quantitative estimate of drug-likeness (QED) is 0.768. The van der Waals surface area contributed by atoms with Gasteiger partial charge in [-0.1, -0.05) is 62.7 Å². The van der Waals surface area contributed by atoms with E-state index in [0.29, 0.717) is 18.2 Å². The van der Waals surface area contributed by atoms with Gasteiger partial charge in [0.25, 0.3) is 0 Å². The lowest BCUT2D eigenvalue weighted by atomic mass is 9.84. The summed E-state index contributed by atoms with van der Waals surface area (Å²) in [6.07, 6.45) is 0.873. The molecule has 2 nitrogen and oxygen atoms in total. The van der Waals surface area contributed by atoms with E-state index in [2.05, 4.69) is 51.1 Å². The molecule has 0 saturated heterocycles. The summed E-state index contributed by atoms with van der Waals surface area (Å²) in [6, 6.07) is 14.8. The first-order valence-electron chi connectivity index (χ1n) is 8.57. The molecule has 0 heterocycles. The van der Waals surface area contributed by atoms with Gasteiger partial charge in [0.15, 0.2) is 0 Å². The van der Waals surface area contributed by atoms with Crippen LogP contribution in [-0.2, 0) is 11.8 Å². The van der Waals surface area contributed by atoms with Gasteiger partial charge in [0.05, 0.1) is 11.6 Å². The summed E-state index contributed by atoms with van der Waals surface area (Å²) in [7, 11) is 0. The summed E-state index contributed by atoms with van der Waals surface area (Å²) in [6.45, 7) is 9.86. The van der Waals surface area contributed by atoms with E-state index in [1.54, 1.807) is 0 Å². The first-order valence-corrected chi connectivity index (χ1v) is 8.94. The standard InChI is InChI=1S/C21H28ClNO/c1-5-24-20-11-6-15(13-19(20)22)12-17(14-23)16-7-9-18(10-8-16)21(2,3)4/h6-11,13,17H,5,12,14,23H2,1-4H3. The molecule has 0 aliphatic heterocycles. The Kier molecular flexibility index (Phi) is 6.31. The molecular formula is C21H28ClNO. The lowest BCUT2D eigenvalue weighted by Gasteiger charge is -2.21. The zero-order valence-corrected chi connectivity index (χ0v) is 15.9. The second-order valence-corrected chi connectivity index (χ2v) is 7.61. The van der Waals surface area contributed by atoms with E-state index in [1.807, 2.05) is 19.1 Å². The third-order valence-electron chi connectivity index (χ3n) is 4.31. The third kappa shape index (κ3) is 4.75. The van der Waals surface area contributed by atoms with Gasteiger partial charge in [-0.3, -0.25) is 0 Å². The Balaban J connectivity index is 2.16. The highest BCUT2D eigenvalue weighted by molar-refractivity contribution is 6.32. The predicted molar refractivity (Wildman–Crippen MR) is 103 cm³/mol. The van der Waals surface area contributed by atoms with Crippen LogP contribution in [0.15, 0.2) is 42.5 Å². The molecule has 2 aromatic carbocycles. The number of rotatable bonds is 6. The Morgan fingerprint density at radius 3 is 2.25 bits per heavy atom. The van der Waals surface area contributed by atoms with E-state index in [9.17, 15) is 0 Å². The molecule has 0 aliphatic carbocycles. The van der Waals surface area contributed by atoms with Gasteiger partial charge in [0.2, 0.25) is 0 Å². The van der Waals surface area contributed by atoms with E-state index in [1.165, 1.54) is 16.7 Å². The molecule has 3 heteroatoms. The molecule has 0 saturated carbocycles. The van der Waals surface area contributed by atoms with Crippen LogP contribution in [0.3, 0.4) is 0 Å². The smallest absolute Gasteiger partial charge is 0.137 e. The van der Waals surface area contributed by atoms with Gasteiger partial charge in [0, 0.05) is 5.92 Å². The van der Waals surface area contributed by atoms with Crippen LogP contribution in [0.25, 0.3) is 0 Å². The topological polar surface area (TPSA) is 35.2 Å². The van der Waals surface area contributed by atoms with Crippen molar-refractivity contribution in [1.82, 2.24) is 0 Å². The molecule has 24 heavy (non-hydrogen) atoms. The summed E-state index contributed by atoms with van der Waals surface area (Å²) >= 11 is 6.30. The molecule has 2 aromatic rings. The van der Waals surface area contributed by atoms with Gasteiger partial charge in [-0.05, 0) is 54.1 Å². The van der Waals surface area contributed by atoms with E-state index < -0.39 is 0 Å². The van der Waals surface area contributed by atoms with Crippen molar-refractivity contribution in [3.05, 3.63) is 64.2 Å². The van der Waals surface area contributed by atoms with Crippen LogP contribution in [0.1, 0.15) is 50.3 Å². The van der Waals surface area contributed by atoms with Gasteiger partial charge >= 0.3 is 0 Å². The fraction of sp³-hybridized carbons (Fsp3) is 0.429. The summed E-state index contributed by atoms with van der Waals surface area (Å²) < 4.78 is 5.50. The second-order valence-electron chi connectivity index (χ2n) is 7.21. The van der Waals surface area contributed by atoms with Gasteiger partial charge in [-0.15, -0.1) is 0 Å². The summed E-state index contributed by atoms with van der Waals surface area (Å²) in [5, 5.41) is 0.660. The maximum absolute atomic E-state index is 6.30. The van der Waals surface area contributed by atoms with Crippen LogP contribution in [0.5, 0.6) is 5.75 Å². The highest BCUT2D eigenvalue weighted by atomic mass is 35.5. The summed E-state index contributed by atoms with van der Waals surface area (Å²) in [4.78, 5) is 0. The largest absolute Gasteiger partial charge is 0.492 e. The van der Waals surface area contributed by atoms with Crippen molar-refractivity contribution in [2.45, 2.75) is 45.4 Å². The zero-order valence-electron chi connectivity index (χ0n) is 15.1. The average Bonchev–Trinajstić information content (AvgIpc) is 2.54. The molecule has 2 rings (SSSR count). The van der Waals surface area contributed by atoms with Gasteiger partial charge in [0.1, 0.15) is 5.75 Å². The zero-order chi connectivity index (χ0) is 17.7. The maximum Gasteiger partial charge on any atom is 0.137 e. The van der Waals surface area contributed by atoms with Crippen LogP contribution < -0.4 is 10.5 Å². The van der Waals surface area contributed by atoms with E-state index in [4.69, 9.17) is 22.1 Å². The number of nitrogens with two attached hydrogens (primary N) is 1. The molecule has 1 unspecified atom stereocenters. The Hall–Kier alpha value is -1.51. The number of halogens is 1. The molecule has 0 bridgehead atoms. The van der Waals surface area contributed by atoms with E-state index in [-0.39, 0.29) is 11.3 Å². The molecule has 0 spiro atoms. The van der Waals surface area contributed by atoms with E-state index in [0.717, 1.165) is 12.2 Å². The van der Waals surface area contributed by atoms with E-state index >= 15 is 0 Å². The monoisotopic (exact) mass is 345 g/mol. The second kappa shape index (κ2) is 8.04. The number of benzene rings is 2. The van der Waals surface area contributed by atoms with Gasteiger partial charge in [-0.25, -0.2) is 0 Å². The van der Waals surface area contributed by atoms with Gasteiger partial charge in [-0.2, -0.15) is 0 Å². The third-order valence-corrected chi connectivity index (χ3v) is 4.61. The van der Waals surface area contributed by atoms with Gasteiger partial charge < -0.3 is 10.5 Å². The number of hydrogen-bond donors (Lipinski definition) is 1. The predicted octanol–water partition coefficient (Wildman–Crippen LogP) is 5.32. The van der Waals surface area contributed by atoms with Crippen LogP contribution in [0, 0.1) is 0 Å². The van der Waals surface area contributed by atoms with Crippen molar-refractivity contribution >= 4 is 11.6 Å². The van der Waals surface area contributed by atoms with Crippen molar-refractivity contribution in [3.8, 4) is 5.75 Å². The Labute approximate surface area is 151 Å². The van der Waals surface area contributed by atoms with Crippen LogP contribution in [0.2, 0.25) is 5.02 Å². The first kappa shape index (κ1) is 18.8. The Bertz CT molecular complexity index is 659. The Morgan fingerprint density at radius 1 is 1.08 bits per heavy atom. The summed E-state index contributed by atoms with van der Waals surface area (Å²) in [5.74, 6) is 1.02. The van der Waals surface area contributed by atoms with Crippen molar-refractivity contribution in [3.63, 3.8) is 0 Å². The SMILES string of the molecule is CCOc1ccc(CC(CN)c2ccc(C(C)(C)C)cc2)cc1Cl. The molecule has 130 valence electrons. The molecule has 2 N–H and O–H groups in total. The number of ether oxygens (including phenoxy) is 1. The maximum atomic E-state index is 6.30. The molecule has 0 radical (unpaired) electrons. The minimum Gasteiger partial charge on any atom is -0.492 e. The van der Waals surface area contributed by atoms with Crippen LogP contribution in [-0.4, -0.2) is 13.2 Å².